The van der Waals surface area contributed by atoms with E-state index in [4.69, 9.17) is 0 Å². The molecule has 1 amide bonds. The normalized spacial score (nSPS) is 12.3. The van der Waals surface area contributed by atoms with Crippen molar-refractivity contribution in [1.82, 2.24) is 29.8 Å². The van der Waals surface area contributed by atoms with E-state index in [1.165, 1.54) is 11.3 Å². The minimum absolute atomic E-state index is 0.120. The molecule has 1 atom stereocenters. The number of rotatable bonds is 7. The van der Waals surface area contributed by atoms with Crippen LogP contribution in [0.25, 0.3) is 0 Å². The van der Waals surface area contributed by atoms with E-state index in [-0.39, 0.29) is 11.9 Å². The average Bonchev–Trinajstić information content (AvgIpc) is 3.26. The molecule has 0 bridgehead atoms. The molecule has 144 valence electrons. The zero-order valence-electron chi connectivity index (χ0n) is 16.4. The highest BCUT2D eigenvalue weighted by molar-refractivity contribution is 7.15. The quantitative estimate of drug-likeness (QED) is 0.673. The second-order valence-corrected chi connectivity index (χ2v) is 7.75. The van der Waals surface area contributed by atoms with Gasteiger partial charge in [-0.2, -0.15) is 10.2 Å². The highest BCUT2D eigenvalue weighted by Crippen LogP contribution is 2.21. The number of carbonyl (C=O) groups excluding carboxylic acids is 1. The van der Waals surface area contributed by atoms with E-state index < -0.39 is 0 Å². The molecule has 0 aliphatic rings. The molecule has 3 heterocycles. The predicted octanol–water partition coefficient (Wildman–Crippen LogP) is 3.00. The van der Waals surface area contributed by atoms with Gasteiger partial charge in [0, 0.05) is 24.4 Å². The van der Waals surface area contributed by atoms with Crippen LogP contribution < -0.4 is 5.32 Å². The van der Waals surface area contributed by atoms with E-state index in [1.807, 2.05) is 45.4 Å². The van der Waals surface area contributed by atoms with Crippen LogP contribution in [0.3, 0.4) is 0 Å². The summed E-state index contributed by atoms with van der Waals surface area (Å²) in [5.41, 5.74) is 4.01. The summed E-state index contributed by atoms with van der Waals surface area (Å²) in [5.74, 6) is -0.120. The number of carbonyl (C=O) groups is 1. The number of aromatic nitrogens is 6. The lowest BCUT2D eigenvalue weighted by atomic mass is 10.2. The summed E-state index contributed by atoms with van der Waals surface area (Å²) in [7, 11) is 0. The Morgan fingerprint density at radius 3 is 2.41 bits per heavy atom. The first-order chi connectivity index (χ1) is 12.9. The molecule has 1 N–H and O–H groups in total. The van der Waals surface area contributed by atoms with Crippen LogP contribution in [0.1, 0.15) is 47.2 Å². The van der Waals surface area contributed by atoms with Gasteiger partial charge in [0.1, 0.15) is 11.0 Å². The number of hydrogen-bond acceptors (Lipinski definition) is 6. The lowest BCUT2D eigenvalue weighted by Crippen LogP contribution is -2.27. The van der Waals surface area contributed by atoms with Gasteiger partial charge in [-0.05, 0) is 46.2 Å². The Morgan fingerprint density at radius 1 is 1.11 bits per heavy atom. The summed E-state index contributed by atoms with van der Waals surface area (Å²) < 4.78 is 3.74. The summed E-state index contributed by atoms with van der Waals surface area (Å²) in [6.07, 6.45) is 1.38. The van der Waals surface area contributed by atoms with Crippen molar-refractivity contribution < 1.29 is 4.79 Å². The number of hydrogen-bond donors (Lipinski definition) is 1. The van der Waals surface area contributed by atoms with Crippen molar-refractivity contribution in [1.29, 1.82) is 0 Å². The minimum Gasteiger partial charge on any atom is -0.299 e. The zero-order valence-corrected chi connectivity index (χ0v) is 17.2. The Hall–Kier alpha value is -2.55. The minimum atomic E-state index is -0.360. The topological polar surface area (TPSA) is 90.5 Å². The lowest BCUT2D eigenvalue weighted by molar-refractivity contribution is -0.119. The molecule has 0 aliphatic carbocycles. The van der Waals surface area contributed by atoms with Crippen molar-refractivity contribution in [3.8, 4) is 0 Å². The summed E-state index contributed by atoms with van der Waals surface area (Å²) in [4.78, 5) is 12.7. The van der Waals surface area contributed by atoms with Crippen molar-refractivity contribution in [3.63, 3.8) is 0 Å². The van der Waals surface area contributed by atoms with Gasteiger partial charge < -0.3 is 0 Å². The zero-order chi connectivity index (χ0) is 19.6. The van der Waals surface area contributed by atoms with Crippen LogP contribution in [0.15, 0.2) is 12.1 Å². The van der Waals surface area contributed by atoms with Crippen molar-refractivity contribution >= 4 is 22.4 Å². The molecule has 3 aromatic rings. The molecule has 0 aliphatic heterocycles. The van der Waals surface area contributed by atoms with E-state index in [1.54, 1.807) is 4.68 Å². The summed E-state index contributed by atoms with van der Waals surface area (Å²) in [6.45, 7) is 10.6. The predicted molar refractivity (Wildman–Crippen MR) is 105 cm³/mol. The molecule has 0 saturated carbocycles. The summed E-state index contributed by atoms with van der Waals surface area (Å²) >= 11 is 1.40. The first-order valence-electron chi connectivity index (χ1n) is 9.04. The van der Waals surface area contributed by atoms with E-state index >= 15 is 0 Å². The molecule has 9 heteroatoms. The van der Waals surface area contributed by atoms with Gasteiger partial charge in [-0.15, -0.1) is 10.2 Å². The van der Waals surface area contributed by atoms with Gasteiger partial charge in [0.05, 0.1) is 11.4 Å². The SMILES string of the molecule is CC[C@@H](C(=O)Nc1nnc(CCn2nc(C)cc2C)s1)n1nc(C)cc1C. The van der Waals surface area contributed by atoms with Gasteiger partial charge in [0.25, 0.3) is 5.91 Å². The fourth-order valence-corrected chi connectivity index (χ4v) is 3.86. The number of nitrogens with one attached hydrogen (secondary N) is 1. The van der Waals surface area contributed by atoms with E-state index in [2.05, 4.69) is 31.8 Å². The average molecular weight is 388 g/mol. The highest BCUT2D eigenvalue weighted by Gasteiger charge is 2.22. The van der Waals surface area contributed by atoms with Crippen LogP contribution >= 0.6 is 11.3 Å². The maximum Gasteiger partial charge on any atom is 0.251 e. The first-order valence-corrected chi connectivity index (χ1v) is 9.86. The number of aryl methyl sites for hydroxylation is 6. The Kier molecular flexibility index (Phi) is 5.69. The van der Waals surface area contributed by atoms with Gasteiger partial charge in [-0.1, -0.05) is 18.3 Å². The van der Waals surface area contributed by atoms with Gasteiger partial charge in [0.15, 0.2) is 0 Å². The van der Waals surface area contributed by atoms with Gasteiger partial charge in [-0.3, -0.25) is 19.5 Å². The second-order valence-electron chi connectivity index (χ2n) is 6.69. The molecule has 0 spiro atoms. The third kappa shape index (κ3) is 4.41. The Balaban J connectivity index is 1.63. The summed E-state index contributed by atoms with van der Waals surface area (Å²) in [5, 5.41) is 21.5. The lowest BCUT2D eigenvalue weighted by Gasteiger charge is -2.16. The maximum atomic E-state index is 12.7. The molecule has 27 heavy (non-hydrogen) atoms. The van der Waals surface area contributed by atoms with Gasteiger partial charge in [-0.25, -0.2) is 0 Å². The number of amides is 1. The van der Waals surface area contributed by atoms with Crippen molar-refractivity contribution in [2.45, 2.75) is 60.0 Å². The molecule has 0 unspecified atom stereocenters. The second kappa shape index (κ2) is 7.99. The smallest absolute Gasteiger partial charge is 0.251 e. The number of anilines is 1. The first kappa shape index (κ1) is 19.2. The van der Waals surface area contributed by atoms with Crippen LogP contribution in [-0.4, -0.2) is 35.7 Å². The molecule has 0 aromatic carbocycles. The van der Waals surface area contributed by atoms with Crippen molar-refractivity contribution in [2.24, 2.45) is 0 Å². The number of nitrogens with zero attached hydrogens (tertiary/aromatic N) is 6. The molecule has 3 rings (SSSR count). The monoisotopic (exact) mass is 387 g/mol. The molecule has 3 aromatic heterocycles. The maximum absolute atomic E-state index is 12.7. The van der Waals surface area contributed by atoms with Crippen LogP contribution in [0.4, 0.5) is 5.13 Å². The highest BCUT2D eigenvalue weighted by atomic mass is 32.1. The Labute approximate surface area is 162 Å². The van der Waals surface area contributed by atoms with Crippen LogP contribution in [-0.2, 0) is 17.8 Å². The Bertz CT molecular complexity index is 940. The van der Waals surface area contributed by atoms with Crippen LogP contribution in [0, 0.1) is 27.7 Å². The van der Waals surface area contributed by atoms with Crippen molar-refractivity contribution in [2.75, 3.05) is 5.32 Å². The third-order valence-electron chi connectivity index (χ3n) is 4.37. The molecular weight excluding hydrogens is 362 g/mol. The molecule has 8 nitrogen and oxygen atoms in total. The van der Waals surface area contributed by atoms with Gasteiger partial charge in [0.2, 0.25) is 5.13 Å². The van der Waals surface area contributed by atoms with E-state index in [0.717, 1.165) is 40.7 Å². The van der Waals surface area contributed by atoms with E-state index in [0.29, 0.717) is 11.6 Å². The molecule has 0 fully saturated rings. The molecule has 0 saturated heterocycles. The van der Waals surface area contributed by atoms with E-state index in [9.17, 15) is 4.79 Å². The largest absolute Gasteiger partial charge is 0.299 e. The Morgan fingerprint density at radius 2 is 1.81 bits per heavy atom. The molecule has 0 radical (unpaired) electrons. The third-order valence-corrected chi connectivity index (χ3v) is 5.27. The van der Waals surface area contributed by atoms with Crippen molar-refractivity contribution in [3.05, 3.63) is 39.9 Å². The standard InChI is InChI=1S/C18H25N7OS/c1-6-15(25-14(5)10-12(3)23-25)17(26)19-18-21-20-16(27-18)7-8-24-13(4)9-11(2)22-24/h9-10,15H,6-8H2,1-5H3,(H,19,21,26)/t15-/m0/s1. The van der Waals surface area contributed by atoms with Crippen LogP contribution in [0.2, 0.25) is 0 Å². The fourth-order valence-electron chi connectivity index (χ4n) is 3.13. The molecular formula is C18H25N7OS. The van der Waals surface area contributed by atoms with Crippen LogP contribution in [0.5, 0.6) is 0 Å². The fraction of sp³-hybridized carbons (Fsp3) is 0.500. The van der Waals surface area contributed by atoms with Gasteiger partial charge >= 0.3 is 0 Å². The summed E-state index contributed by atoms with van der Waals surface area (Å²) in [6, 6.07) is 3.66.